The van der Waals surface area contributed by atoms with Crippen molar-refractivity contribution in [3.05, 3.63) is 46.6 Å². The minimum absolute atomic E-state index is 0.0202. The summed E-state index contributed by atoms with van der Waals surface area (Å²) in [5.41, 5.74) is -0.353. The number of fused-ring (bicyclic) bond motifs is 4. The van der Waals surface area contributed by atoms with E-state index in [2.05, 4.69) is 0 Å². The second kappa shape index (κ2) is 12.1. The average molecular weight is 599 g/mol. The van der Waals surface area contributed by atoms with Gasteiger partial charge in [0.05, 0.1) is 21.3 Å². The van der Waals surface area contributed by atoms with Crippen molar-refractivity contribution in [1.82, 2.24) is 0 Å². The highest BCUT2D eigenvalue weighted by Gasteiger charge is 2.51. The van der Waals surface area contributed by atoms with Crippen molar-refractivity contribution in [3.63, 3.8) is 0 Å². The number of phenolic OH excluding ortho intramolecular Hbond substituents is 1. The average Bonchev–Trinajstić information content (AvgIpc) is 3.47. The Kier molecular flexibility index (Phi) is 8.87. The van der Waals surface area contributed by atoms with Crippen molar-refractivity contribution in [2.45, 2.75) is 59.4 Å². The van der Waals surface area contributed by atoms with Gasteiger partial charge in [0.25, 0.3) is 0 Å². The number of aliphatic hydroxyl groups is 1. The Morgan fingerprint density at radius 2 is 1.51 bits per heavy atom. The van der Waals surface area contributed by atoms with Crippen LogP contribution in [0.2, 0.25) is 0 Å². The molecule has 11 nitrogen and oxygen atoms in total. The van der Waals surface area contributed by atoms with Crippen molar-refractivity contribution in [2.24, 2.45) is 5.92 Å². The fourth-order valence-electron chi connectivity index (χ4n) is 5.29. The third kappa shape index (κ3) is 5.22. The summed E-state index contributed by atoms with van der Waals surface area (Å²) in [5, 5.41) is 24.2. The van der Waals surface area contributed by atoms with E-state index in [-0.39, 0.29) is 52.2 Å². The first-order chi connectivity index (χ1) is 20.4. The van der Waals surface area contributed by atoms with E-state index < -0.39 is 35.7 Å². The van der Waals surface area contributed by atoms with Crippen LogP contribution in [0.4, 0.5) is 0 Å². The number of carbonyl (C=O) groups excluding carboxylic acids is 2. The van der Waals surface area contributed by atoms with Gasteiger partial charge in [-0.3, -0.25) is 0 Å². The second-order valence-corrected chi connectivity index (χ2v) is 10.6. The second-order valence-electron chi connectivity index (χ2n) is 10.6. The Morgan fingerprint density at radius 1 is 0.907 bits per heavy atom. The van der Waals surface area contributed by atoms with Gasteiger partial charge in [-0.25, -0.2) is 9.59 Å². The molecule has 0 aromatic heterocycles. The highest BCUT2D eigenvalue weighted by molar-refractivity contribution is 5.92. The molecule has 0 spiro atoms. The first-order valence-corrected chi connectivity index (χ1v) is 13.8. The molecular formula is C32H38O11. The lowest BCUT2D eigenvalue weighted by atomic mass is 9.71. The number of allylic oxidation sites excluding steroid dienone is 2. The van der Waals surface area contributed by atoms with Crippen LogP contribution < -0.4 is 23.7 Å². The summed E-state index contributed by atoms with van der Waals surface area (Å²) in [5.74, 6) is -1.77. The normalized spacial score (nSPS) is 22.9. The van der Waals surface area contributed by atoms with Crippen LogP contribution in [0.5, 0.6) is 34.5 Å². The Bertz CT molecular complexity index is 1500. The lowest BCUT2D eigenvalue weighted by Gasteiger charge is -2.43. The molecule has 4 rings (SSSR count). The number of rotatable bonds is 7. The monoisotopic (exact) mass is 598 g/mol. The minimum atomic E-state index is -1.89. The Labute approximate surface area is 250 Å². The maximum Gasteiger partial charge on any atom is 0.334 e. The summed E-state index contributed by atoms with van der Waals surface area (Å²) in [6.45, 7) is 9.65. The van der Waals surface area contributed by atoms with Crippen molar-refractivity contribution >= 4 is 11.9 Å². The molecule has 2 aromatic carbocycles. The SMILES string of the molecule is C/C=C(/C)C(=O)O[C@H]1c2cc3c(c(OC)c2-c2c(cc(OC)c(OC)c2O)[C@H](OC(=O)/C(C)=C\C)[C@](C)(O)[C@H]1C)OCO3. The molecule has 0 unspecified atom stereocenters. The molecule has 11 heteroatoms. The lowest BCUT2D eigenvalue weighted by Crippen LogP contribution is -2.46. The summed E-state index contributed by atoms with van der Waals surface area (Å²) >= 11 is 0. The molecule has 2 N–H and O–H groups in total. The molecule has 0 bridgehead atoms. The van der Waals surface area contributed by atoms with Crippen molar-refractivity contribution < 1.29 is 53.0 Å². The van der Waals surface area contributed by atoms with Crippen molar-refractivity contribution in [1.29, 1.82) is 0 Å². The molecule has 1 heterocycles. The predicted molar refractivity (Wildman–Crippen MR) is 156 cm³/mol. The van der Waals surface area contributed by atoms with E-state index in [0.29, 0.717) is 22.5 Å². The van der Waals surface area contributed by atoms with Gasteiger partial charge in [0, 0.05) is 39.3 Å². The molecule has 0 fully saturated rings. The molecule has 0 radical (unpaired) electrons. The molecule has 2 aromatic rings. The van der Waals surface area contributed by atoms with Gasteiger partial charge < -0.3 is 43.4 Å². The number of esters is 2. The van der Waals surface area contributed by atoms with E-state index >= 15 is 0 Å². The van der Waals surface area contributed by atoms with Gasteiger partial charge >= 0.3 is 11.9 Å². The topological polar surface area (TPSA) is 139 Å². The van der Waals surface area contributed by atoms with Gasteiger partial charge in [-0.1, -0.05) is 19.1 Å². The van der Waals surface area contributed by atoms with Gasteiger partial charge in [-0.05, 0) is 46.8 Å². The number of methoxy groups -OCH3 is 3. The fraction of sp³-hybridized carbons (Fsp3) is 0.438. The standard InChI is InChI=1S/C32H38O11/c1-10-15(3)30(34)42-25-17(5)32(6,36)29(43-31(35)16(4)11-2)19-13-20(37-7)26(38-8)24(33)22(19)23-18(25)12-21-27(28(23)39-9)41-14-40-21/h10-13,17,25,29,33,36H,14H2,1-9H3/b15-10-,16-11-/t17-,25+,29-,32+/m0/s1. The number of hydrogen-bond acceptors (Lipinski definition) is 11. The van der Waals surface area contributed by atoms with Crippen LogP contribution in [0.1, 0.15) is 64.9 Å². The van der Waals surface area contributed by atoms with Crippen molar-refractivity contribution in [3.8, 4) is 45.6 Å². The maximum atomic E-state index is 13.2. The zero-order valence-electron chi connectivity index (χ0n) is 25.8. The number of aromatic hydroxyl groups is 1. The minimum Gasteiger partial charge on any atom is -0.504 e. The van der Waals surface area contributed by atoms with E-state index in [1.54, 1.807) is 52.8 Å². The lowest BCUT2D eigenvalue weighted by molar-refractivity contribution is -0.181. The van der Waals surface area contributed by atoms with Crippen LogP contribution in [-0.4, -0.2) is 55.9 Å². The molecule has 43 heavy (non-hydrogen) atoms. The van der Waals surface area contributed by atoms with Crippen LogP contribution in [0.15, 0.2) is 35.4 Å². The van der Waals surface area contributed by atoms with Crippen LogP contribution in [0.25, 0.3) is 11.1 Å². The molecule has 0 saturated carbocycles. The van der Waals surface area contributed by atoms with Gasteiger partial charge in [-0.15, -0.1) is 0 Å². The van der Waals surface area contributed by atoms with E-state index in [9.17, 15) is 19.8 Å². The summed E-state index contributed by atoms with van der Waals surface area (Å²) in [4.78, 5) is 26.5. The van der Waals surface area contributed by atoms with Crippen LogP contribution in [0.3, 0.4) is 0 Å². The summed E-state index contributed by atoms with van der Waals surface area (Å²) in [7, 11) is 4.18. The highest BCUT2D eigenvalue weighted by Crippen LogP contribution is 2.61. The van der Waals surface area contributed by atoms with Gasteiger partial charge in [0.15, 0.2) is 29.1 Å². The van der Waals surface area contributed by atoms with Crippen LogP contribution in [0, 0.1) is 5.92 Å². The summed E-state index contributed by atoms with van der Waals surface area (Å²) < 4.78 is 40.5. The Hall–Kier alpha value is -4.38. The van der Waals surface area contributed by atoms with E-state index in [4.69, 9.17) is 33.2 Å². The zero-order chi connectivity index (χ0) is 31.8. The number of hydrogen-bond donors (Lipinski definition) is 2. The Balaban J connectivity index is 2.21. The predicted octanol–water partition coefficient (Wildman–Crippen LogP) is 5.32. The first-order valence-electron chi connectivity index (χ1n) is 13.8. The Morgan fingerprint density at radius 3 is 2.07 bits per heavy atom. The fourth-order valence-corrected chi connectivity index (χ4v) is 5.29. The molecule has 2 aliphatic rings. The van der Waals surface area contributed by atoms with E-state index in [0.717, 1.165) is 0 Å². The highest BCUT2D eigenvalue weighted by atomic mass is 16.7. The zero-order valence-corrected chi connectivity index (χ0v) is 25.8. The summed E-state index contributed by atoms with van der Waals surface area (Å²) in [6.07, 6.45) is 0.635. The quantitative estimate of drug-likeness (QED) is 0.316. The molecule has 232 valence electrons. The van der Waals surface area contributed by atoms with Gasteiger partial charge in [0.1, 0.15) is 11.7 Å². The number of phenols is 1. The molecular weight excluding hydrogens is 560 g/mol. The molecule has 0 saturated heterocycles. The number of carbonyl (C=O) groups is 2. The molecule has 1 aliphatic carbocycles. The van der Waals surface area contributed by atoms with Crippen LogP contribution in [-0.2, 0) is 19.1 Å². The third-order valence-corrected chi connectivity index (χ3v) is 8.24. The first kappa shape index (κ1) is 31.6. The molecule has 4 atom stereocenters. The third-order valence-electron chi connectivity index (χ3n) is 8.24. The van der Waals surface area contributed by atoms with Crippen molar-refractivity contribution in [2.75, 3.05) is 28.1 Å². The number of ether oxygens (including phenoxy) is 7. The number of benzene rings is 2. The van der Waals surface area contributed by atoms with Gasteiger partial charge in [0.2, 0.25) is 18.3 Å². The van der Waals surface area contributed by atoms with E-state index in [1.165, 1.54) is 34.3 Å². The summed E-state index contributed by atoms with van der Waals surface area (Å²) in [6, 6.07) is 3.16. The van der Waals surface area contributed by atoms with Crippen LogP contribution >= 0.6 is 0 Å². The molecule has 1 aliphatic heterocycles. The smallest absolute Gasteiger partial charge is 0.334 e. The maximum absolute atomic E-state index is 13.2. The van der Waals surface area contributed by atoms with Gasteiger partial charge in [-0.2, -0.15) is 0 Å². The molecule has 0 amide bonds. The van der Waals surface area contributed by atoms with E-state index in [1.807, 2.05) is 0 Å². The largest absolute Gasteiger partial charge is 0.504 e.